The summed E-state index contributed by atoms with van der Waals surface area (Å²) in [5, 5.41) is 25.5. The minimum atomic E-state index is -1.23. The number of aliphatic carboxylic acids is 1. The Balaban J connectivity index is 2.91. The molecule has 4 unspecified atom stereocenters. The van der Waals surface area contributed by atoms with Crippen LogP contribution in [0.5, 0.6) is 5.75 Å². The zero-order chi connectivity index (χ0) is 23.6. The Bertz CT molecular complexity index is 773. The van der Waals surface area contributed by atoms with E-state index in [1.807, 2.05) is 13.8 Å². The van der Waals surface area contributed by atoms with Crippen LogP contribution < -0.4 is 21.7 Å². The number of hydrogen-bond donors (Lipinski definition) is 7. The number of hydrogen-bond acceptors (Lipinski definition) is 7. The van der Waals surface area contributed by atoms with Crippen LogP contribution in [0.4, 0.5) is 0 Å². The van der Waals surface area contributed by atoms with Crippen LogP contribution >= 0.6 is 12.6 Å². The lowest BCUT2D eigenvalue weighted by Gasteiger charge is -2.24. The van der Waals surface area contributed by atoms with Gasteiger partial charge >= 0.3 is 5.97 Å². The van der Waals surface area contributed by atoms with E-state index in [2.05, 4.69) is 28.6 Å². The molecule has 31 heavy (non-hydrogen) atoms. The number of amides is 3. The van der Waals surface area contributed by atoms with E-state index in [0.717, 1.165) is 0 Å². The first-order valence-corrected chi connectivity index (χ1v) is 10.5. The maximum atomic E-state index is 12.7. The van der Waals surface area contributed by atoms with E-state index in [4.69, 9.17) is 10.8 Å². The summed E-state index contributed by atoms with van der Waals surface area (Å²) < 4.78 is 0. The van der Waals surface area contributed by atoms with Crippen LogP contribution in [0.2, 0.25) is 0 Å². The Labute approximate surface area is 186 Å². The average molecular weight is 455 g/mol. The van der Waals surface area contributed by atoms with Gasteiger partial charge in [-0.15, -0.1) is 0 Å². The Morgan fingerprint density at radius 2 is 1.61 bits per heavy atom. The molecule has 0 bridgehead atoms. The number of nitrogens with two attached hydrogens (primary N) is 1. The summed E-state index contributed by atoms with van der Waals surface area (Å²) in [7, 11) is 0. The number of aromatic hydroxyl groups is 1. The number of carbonyl (C=O) groups excluding carboxylic acids is 3. The minimum absolute atomic E-state index is 0.0343. The third-order valence-electron chi connectivity index (χ3n) is 4.80. The van der Waals surface area contributed by atoms with Crippen LogP contribution in [0.25, 0.3) is 0 Å². The molecule has 1 rings (SSSR count). The Hall–Kier alpha value is -2.79. The fourth-order valence-electron chi connectivity index (χ4n) is 2.61. The van der Waals surface area contributed by atoms with Crippen LogP contribution in [0.3, 0.4) is 0 Å². The first kappa shape index (κ1) is 26.2. The van der Waals surface area contributed by atoms with Gasteiger partial charge in [-0.3, -0.25) is 19.2 Å². The van der Waals surface area contributed by atoms with E-state index in [0.29, 0.717) is 12.0 Å². The fraction of sp³-hybridized carbons (Fsp3) is 0.500. The van der Waals surface area contributed by atoms with Gasteiger partial charge in [0.05, 0.1) is 6.04 Å². The predicted molar refractivity (Wildman–Crippen MR) is 118 cm³/mol. The maximum absolute atomic E-state index is 12.7. The van der Waals surface area contributed by atoms with Crippen molar-refractivity contribution in [1.29, 1.82) is 0 Å². The van der Waals surface area contributed by atoms with Crippen molar-refractivity contribution in [2.45, 2.75) is 44.8 Å². The number of carbonyl (C=O) groups is 4. The van der Waals surface area contributed by atoms with Crippen LogP contribution in [0.1, 0.15) is 25.8 Å². The molecule has 4 atom stereocenters. The monoisotopic (exact) mass is 454 g/mol. The highest BCUT2D eigenvalue weighted by Crippen LogP contribution is 2.12. The van der Waals surface area contributed by atoms with Crippen molar-refractivity contribution in [3.8, 4) is 5.75 Å². The lowest BCUT2D eigenvalue weighted by Crippen LogP contribution is -2.57. The predicted octanol–water partition coefficient (Wildman–Crippen LogP) is -0.592. The number of thiol groups is 1. The molecule has 0 saturated carbocycles. The molecule has 7 N–H and O–H groups in total. The molecule has 172 valence electrons. The molecule has 0 aliphatic rings. The molecule has 1 aromatic carbocycles. The number of carboxylic acids is 1. The summed E-state index contributed by atoms with van der Waals surface area (Å²) in [6.45, 7) is 3.10. The largest absolute Gasteiger partial charge is 0.508 e. The number of phenolic OH excluding ortho intramolecular Hbond substituents is 1. The Kier molecular flexibility index (Phi) is 10.8. The van der Waals surface area contributed by atoms with E-state index in [-0.39, 0.29) is 23.8 Å². The number of benzene rings is 1. The summed E-state index contributed by atoms with van der Waals surface area (Å²) in [6, 6.07) is 3.04. The van der Waals surface area contributed by atoms with Gasteiger partial charge < -0.3 is 31.9 Å². The van der Waals surface area contributed by atoms with Crippen molar-refractivity contribution in [3.63, 3.8) is 0 Å². The van der Waals surface area contributed by atoms with Gasteiger partial charge in [0.15, 0.2) is 0 Å². The van der Waals surface area contributed by atoms with E-state index in [1.165, 1.54) is 12.1 Å². The van der Waals surface area contributed by atoms with Crippen LogP contribution in [-0.4, -0.2) is 64.3 Å². The summed E-state index contributed by atoms with van der Waals surface area (Å²) in [4.78, 5) is 48.3. The quantitative estimate of drug-likeness (QED) is 0.207. The summed E-state index contributed by atoms with van der Waals surface area (Å²) >= 11 is 4.10. The molecule has 0 saturated heterocycles. The number of carboxylic acid groups (broad SMARTS) is 1. The van der Waals surface area contributed by atoms with Crippen molar-refractivity contribution in [2.24, 2.45) is 11.7 Å². The van der Waals surface area contributed by atoms with Crippen molar-refractivity contribution in [1.82, 2.24) is 16.0 Å². The zero-order valence-electron chi connectivity index (χ0n) is 17.5. The molecule has 0 radical (unpaired) electrons. The van der Waals surface area contributed by atoms with Gasteiger partial charge in [-0.25, -0.2) is 0 Å². The van der Waals surface area contributed by atoms with E-state index in [9.17, 15) is 24.3 Å². The van der Waals surface area contributed by atoms with Gasteiger partial charge in [0.25, 0.3) is 0 Å². The minimum Gasteiger partial charge on any atom is -0.508 e. The highest BCUT2D eigenvalue weighted by molar-refractivity contribution is 7.80. The van der Waals surface area contributed by atoms with Crippen LogP contribution in [0, 0.1) is 5.92 Å². The second kappa shape index (κ2) is 12.8. The highest BCUT2D eigenvalue weighted by Gasteiger charge is 2.28. The molecule has 0 aliphatic carbocycles. The van der Waals surface area contributed by atoms with Gasteiger partial charge in [-0.05, 0) is 23.6 Å². The van der Waals surface area contributed by atoms with Crippen molar-refractivity contribution in [3.05, 3.63) is 29.8 Å². The van der Waals surface area contributed by atoms with Crippen LogP contribution in [0.15, 0.2) is 24.3 Å². The molecule has 0 spiro atoms. The van der Waals surface area contributed by atoms with Crippen molar-refractivity contribution >= 4 is 36.3 Å². The lowest BCUT2D eigenvalue weighted by atomic mass is 9.99. The van der Waals surface area contributed by atoms with Gasteiger partial charge in [-0.2, -0.15) is 12.6 Å². The summed E-state index contributed by atoms with van der Waals surface area (Å²) in [6.07, 6.45) is 0.724. The molecule has 0 heterocycles. The molecule has 11 heteroatoms. The molecule has 10 nitrogen and oxygen atoms in total. The van der Waals surface area contributed by atoms with E-state index < -0.39 is 48.4 Å². The van der Waals surface area contributed by atoms with Crippen molar-refractivity contribution < 1.29 is 29.4 Å². The third kappa shape index (κ3) is 8.85. The SMILES string of the molecule is CCC(C)C(N)C(=O)NC(CS)C(=O)NC(Cc1ccc(O)cc1)C(=O)NCC(=O)O. The van der Waals surface area contributed by atoms with Gasteiger partial charge in [0.1, 0.15) is 24.4 Å². The topological polar surface area (TPSA) is 171 Å². The first-order valence-electron chi connectivity index (χ1n) is 9.83. The molecule has 0 fully saturated rings. The molecular weight excluding hydrogens is 424 g/mol. The molecule has 0 aliphatic heterocycles. The van der Waals surface area contributed by atoms with Gasteiger partial charge in [-0.1, -0.05) is 32.4 Å². The number of nitrogens with one attached hydrogen (secondary N) is 3. The fourth-order valence-corrected chi connectivity index (χ4v) is 2.87. The molecule has 0 aromatic heterocycles. The van der Waals surface area contributed by atoms with Crippen molar-refractivity contribution in [2.75, 3.05) is 12.3 Å². The smallest absolute Gasteiger partial charge is 0.322 e. The second-order valence-electron chi connectivity index (χ2n) is 7.20. The third-order valence-corrected chi connectivity index (χ3v) is 5.16. The summed E-state index contributed by atoms with van der Waals surface area (Å²) in [5.74, 6) is -3.19. The second-order valence-corrected chi connectivity index (χ2v) is 7.56. The molecule has 1 aromatic rings. The number of rotatable bonds is 12. The van der Waals surface area contributed by atoms with Gasteiger partial charge in [0, 0.05) is 12.2 Å². The molecular formula is C20H30N4O6S. The first-order chi connectivity index (χ1) is 14.6. The average Bonchev–Trinajstić information content (AvgIpc) is 2.75. The van der Waals surface area contributed by atoms with Crippen LogP contribution in [-0.2, 0) is 25.6 Å². The van der Waals surface area contributed by atoms with E-state index in [1.54, 1.807) is 12.1 Å². The highest BCUT2D eigenvalue weighted by atomic mass is 32.1. The molecule has 3 amide bonds. The Morgan fingerprint density at radius 1 is 1.03 bits per heavy atom. The van der Waals surface area contributed by atoms with Gasteiger partial charge in [0.2, 0.25) is 17.7 Å². The normalized spacial score (nSPS) is 14.6. The lowest BCUT2D eigenvalue weighted by molar-refractivity contribution is -0.138. The van der Waals surface area contributed by atoms with E-state index >= 15 is 0 Å². The Morgan fingerprint density at radius 3 is 2.13 bits per heavy atom. The standard InChI is InChI=1S/C20H30N4O6S/c1-3-11(2)17(21)20(30)24-15(10-31)19(29)23-14(18(28)22-9-16(26)27)8-12-4-6-13(25)7-5-12/h4-7,11,14-15,17,25,31H,3,8-10,21H2,1-2H3,(H,22,28)(H,23,29)(H,24,30)(H,26,27). The maximum Gasteiger partial charge on any atom is 0.322 e. The number of phenols is 1. The zero-order valence-corrected chi connectivity index (χ0v) is 18.4. The summed E-state index contributed by atoms with van der Waals surface area (Å²) in [5.41, 5.74) is 6.52.